The molecule has 32 heavy (non-hydrogen) atoms. The lowest BCUT2D eigenvalue weighted by Gasteiger charge is -2.32. The number of rotatable bonds is 5. The van der Waals surface area contributed by atoms with Crippen LogP contribution in [-0.4, -0.2) is 43.4 Å². The number of likely N-dealkylation sites (tertiary alicyclic amines) is 1. The zero-order chi connectivity index (χ0) is 23.8. The van der Waals surface area contributed by atoms with Gasteiger partial charge in [0.2, 0.25) is 10.0 Å². The van der Waals surface area contributed by atoms with Gasteiger partial charge in [0.15, 0.2) is 0 Å². The lowest BCUT2D eigenvalue weighted by molar-refractivity contribution is 0.0689. The fraction of sp³-hybridized carbons (Fsp3) is 0.500. The van der Waals surface area contributed by atoms with E-state index in [1.165, 1.54) is 4.57 Å². The second-order valence-corrected chi connectivity index (χ2v) is 10.6. The van der Waals surface area contributed by atoms with Gasteiger partial charge in [-0.3, -0.25) is 9.59 Å². The minimum absolute atomic E-state index is 0.140. The molecule has 0 saturated carbocycles. The molecule has 1 aliphatic rings. The van der Waals surface area contributed by atoms with Gasteiger partial charge in [0.1, 0.15) is 5.56 Å². The third-order valence-electron chi connectivity index (χ3n) is 7.02. The van der Waals surface area contributed by atoms with Crippen LogP contribution in [0.2, 0.25) is 0 Å². The molecule has 0 bridgehead atoms. The van der Waals surface area contributed by atoms with E-state index in [1.54, 1.807) is 30.3 Å². The number of carbonyl (C=O) groups excluding carboxylic acids is 1. The zero-order valence-corrected chi connectivity index (χ0v) is 20.6. The normalized spacial score (nSPS) is 15.2. The number of carbonyl (C=O) groups is 1. The minimum Gasteiger partial charge on any atom is -0.338 e. The second-order valence-electron chi connectivity index (χ2n) is 8.88. The van der Waals surface area contributed by atoms with E-state index in [1.807, 2.05) is 34.6 Å². The Morgan fingerprint density at radius 3 is 2.09 bits per heavy atom. The second kappa shape index (κ2) is 9.19. The van der Waals surface area contributed by atoms with Crippen molar-refractivity contribution in [2.24, 2.45) is 13.0 Å². The predicted molar refractivity (Wildman–Crippen MR) is 126 cm³/mol. The van der Waals surface area contributed by atoms with E-state index < -0.39 is 10.0 Å². The first kappa shape index (κ1) is 24.2. The quantitative estimate of drug-likeness (QED) is 0.745. The van der Waals surface area contributed by atoms with Crippen LogP contribution in [0.5, 0.6) is 0 Å². The molecular formula is C24H33N3O4S. The van der Waals surface area contributed by atoms with Crippen molar-refractivity contribution in [1.82, 2.24) is 14.2 Å². The number of hydrogen-bond donors (Lipinski definition) is 1. The van der Waals surface area contributed by atoms with E-state index in [0.717, 1.165) is 27.8 Å². The zero-order valence-electron chi connectivity index (χ0n) is 19.8. The molecule has 1 saturated heterocycles. The van der Waals surface area contributed by atoms with Gasteiger partial charge >= 0.3 is 0 Å². The van der Waals surface area contributed by atoms with Crippen LogP contribution in [0.4, 0.5) is 0 Å². The van der Waals surface area contributed by atoms with Crippen LogP contribution in [0.3, 0.4) is 0 Å². The van der Waals surface area contributed by atoms with Crippen molar-refractivity contribution in [3.63, 3.8) is 0 Å². The molecule has 0 aliphatic carbocycles. The van der Waals surface area contributed by atoms with Crippen molar-refractivity contribution in [3.8, 4) is 0 Å². The number of piperidine rings is 1. The van der Waals surface area contributed by atoms with Crippen molar-refractivity contribution >= 4 is 15.9 Å². The first-order valence-corrected chi connectivity index (χ1v) is 12.5. The van der Waals surface area contributed by atoms with Gasteiger partial charge in [-0.15, -0.1) is 0 Å². The third kappa shape index (κ3) is 4.52. The van der Waals surface area contributed by atoms with Gasteiger partial charge in [-0.25, -0.2) is 13.1 Å². The SMILES string of the molecule is Cc1c(C)c(C)c(S(=O)(=O)NCC2CCN(C(=O)c3cccn(C)c3=O)CC2)c(C)c1C. The van der Waals surface area contributed by atoms with Gasteiger partial charge in [0.25, 0.3) is 11.5 Å². The fourth-order valence-corrected chi connectivity index (χ4v) is 6.15. The first-order chi connectivity index (χ1) is 15.0. The lowest BCUT2D eigenvalue weighted by Crippen LogP contribution is -2.43. The Kier molecular flexibility index (Phi) is 6.95. The maximum absolute atomic E-state index is 13.1. The molecule has 0 spiro atoms. The Balaban J connectivity index is 1.66. The molecule has 8 heteroatoms. The molecule has 0 radical (unpaired) electrons. The molecule has 1 N–H and O–H groups in total. The maximum atomic E-state index is 13.1. The lowest BCUT2D eigenvalue weighted by atomic mass is 9.95. The van der Waals surface area contributed by atoms with Gasteiger partial charge in [-0.2, -0.15) is 0 Å². The van der Waals surface area contributed by atoms with Gasteiger partial charge in [-0.1, -0.05) is 0 Å². The fourth-order valence-electron chi connectivity index (χ4n) is 4.44. The highest BCUT2D eigenvalue weighted by atomic mass is 32.2. The summed E-state index contributed by atoms with van der Waals surface area (Å²) in [6.07, 6.45) is 2.99. The van der Waals surface area contributed by atoms with E-state index in [9.17, 15) is 18.0 Å². The molecule has 2 heterocycles. The van der Waals surface area contributed by atoms with E-state index in [4.69, 9.17) is 0 Å². The van der Waals surface area contributed by atoms with Crippen LogP contribution in [0, 0.1) is 40.5 Å². The third-order valence-corrected chi connectivity index (χ3v) is 8.71. The Hall–Kier alpha value is -2.45. The van der Waals surface area contributed by atoms with E-state index >= 15 is 0 Å². The number of amides is 1. The number of nitrogens with zero attached hydrogens (tertiary/aromatic N) is 2. The van der Waals surface area contributed by atoms with Crippen LogP contribution in [0.25, 0.3) is 0 Å². The first-order valence-electron chi connectivity index (χ1n) is 11.0. The van der Waals surface area contributed by atoms with Gasteiger partial charge in [0.05, 0.1) is 4.90 Å². The number of aromatic nitrogens is 1. The van der Waals surface area contributed by atoms with Crippen molar-refractivity contribution < 1.29 is 13.2 Å². The average Bonchev–Trinajstić information content (AvgIpc) is 2.76. The van der Waals surface area contributed by atoms with Crippen molar-refractivity contribution in [1.29, 1.82) is 0 Å². The Labute approximate surface area is 190 Å². The topological polar surface area (TPSA) is 88.5 Å². The summed E-state index contributed by atoms with van der Waals surface area (Å²) in [5.74, 6) is -0.122. The molecule has 1 fully saturated rings. The molecule has 1 aliphatic heterocycles. The summed E-state index contributed by atoms with van der Waals surface area (Å²) in [7, 11) is -2.02. The smallest absolute Gasteiger partial charge is 0.263 e. The number of hydrogen-bond acceptors (Lipinski definition) is 4. The van der Waals surface area contributed by atoms with Gasteiger partial charge in [-0.05, 0) is 93.3 Å². The van der Waals surface area contributed by atoms with Crippen LogP contribution in [0.15, 0.2) is 28.0 Å². The average molecular weight is 460 g/mol. The largest absolute Gasteiger partial charge is 0.338 e. The van der Waals surface area contributed by atoms with Crippen LogP contribution in [0.1, 0.15) is 51.0 Å². The van der Waals surface area contributed by atoms with Crippen LogP contribution < -0.4 is 10.3 Å². The Bertz CT molecular complexity index is 1180. The molecule has 1 amide bonds. The molecule has 0 unspecified atom stereocenters. The maximum Gasteiger partial charge on any atom is 0.263 e. The standard InChI is InChI=1S/C24H33N3O4S/c1-15-16(2)18(4)22(19(5)17(15)3)32(30,31)25-14-20-9-12-27(13-10-20)24(29)21-8-7-11-26(6)23(21)28/h7-8,11,20,25H,9-10,12-14H2,1-6H3. The summed E-state index contributed by atoms with van der Waals surface area (Å²) < 4.78 is 30.5. The summed E-state index contributed by atoms with van der Waals surface area (Å²) in [5, 5.41) is 0. The number of aryl methyl sites for hydroxylation is 1. The van der Waals surface area contributed by atoms with Gasteiger partial charge < -0.3 is 9.47 Å². The van der Waals surface area contributed by atoms with Gasteiger partial charge in [0, 0.05) is 32.9 Å². The highest BCUT2D eigenvalue weighted by Gasteiger charge is 2.28. The molecular weight excluding hydrogens is 426 g/mol. The molecule has 2 aromatic rings. The number of benzene rings is 1. The van der Waals surface area contributed by atoms with Crippen LogP contribution in [-0.2, 0) is 17.1 Å². The number of sulfonamides is 1. The highest BCUT2D eigenvalue weighted by molar-refractivity contribution is 7.89. The number of pyridine rings is 1. The summed E-state index contributed by atoms with van der Waals surface area (Å²) >= 11 is 0. The van der Waals surface area contributed by atoms with Crippen LogP contribution >= 0.6 is 0 Å². The number of nitrogens with one attached hydrogen (secondary N) is 1. The Morgan fingerprint density at radius 1 is 1.00 bits per heavy atom. The molecule has 1 aromatic carbocycles. The predicted octanol–water partition coefficient (Wildman–Crippen LogP) is 2.76. The highest BCUT2D eigenvalue weighted by Crippen LogP contribution is 2.29. The van der Waals surface area contributed by atoms with Crippen molar-refractivity contribution in [3.05, 3.63) is 62.1 Å². The molecule has 1 aromatic heterocycles. The summed E-state index contributed by atoms with van der Waals surface area (Å²) in [4.78, 5) is 27.0. The molecule has 0 atom stereocenters. The summed E-state index contributed by atoms with van der Waals surface area (Å²) in [6, 6.07) is 3.25. The summed E-state index contributed by atoms with van der Waals surface area (Å²) in [6.45, 7) is 11.0. The molecule has 7 nitrogen and oxygen atoms in total. The van der Waals surface area contributed by atoms with E-state index in [0.29, 0.717) is 37.4 Å². The van der Waals surface area contributed by atoms with E-state index in [-0.39, 0.29) is 22.9 Å². The summed E-state index contributed by atoms with van der Waals surface area (Å²) in [5.41, 5.74) is 4.60. The van der Waals surface area contributed by atoms with Crippen molar-refractivity contribution in [2.45, 2.75) is 52.4 Å². The van der Waals surface area contributed by atoms with E-state index in [2.05, 4.69) is 4.72 Å². The minimum atomic E-state index is -3.64. The molecule has 3 rings (SSSR count). The van der Waals surface area contributed by atoms with Crippen molar-refractivity contribution in [2.75, 3.05) is 19.6 Å². The monoisotopic (exact) mass is 459 g/mol. The Morgan fingerprint density at radius 2 is 1.53 bits per heavy atom. The molecule has 174 valence electrons.